The van der Waals surface area contributed by atoms with Crippen LogP contribution in [0.4, 0.5) is 0 Å². The second-order valence-electron chi connectivity index (χ2n) is 5.06. The standard InChI is InChI=1S/C13H29N3/c1-3-13-12-15(2)9-7-11-16(13)10-6-4-5-8-14/h13H,3-12,14H2,1-2H3. The lowest BCUT2D eigenvalue weighted by Gasteiger charge is -2.30. The van der Waals surface area contributed by atoms with Crippen molar-refractivity contribution in [3.8, 4) is 0 Å². The number of rotatable bonds is 6. The minimum Gasteiger partial charge on any atom is -0.330 e. The Hall–Kier alpha value is -0.120. The molecule has 1 heterocycles. The lowest BCUT2D eigenvalue weighted by Crippen LogP contribution is -2.40. The molecule has 96 valence electrons. The smallest absolute Gasteiger partial charge is 0.0220 e. The number of nitrogens with zero attached hydrogens (tertiary/aromatic N) is 2. The molecule has 16 heavy (non-hydrogen) atoms. The van der Waals surface area contributed by atoms with Crippen LogP contribution >= 0.6 is 0 Å². The summed E-state index contributed by atoms with van der Waals surface area (Å²) in [6, 6.07) is 0.769. The molecule has 0 bridgehead atoms. The van der Waals surface area contributed by atoms with E-state index in [0.29, 0.717) is 0 Å². The highest BCUT2D eigenvalue weighted by Gasteiger charge is 2.20. The summed E-state index contributed by atoms with van der Waals surface area (Å²) in [7, 11) is 2.25. The summed E-state index contributed by atoms with van der Waals surface area (Å²) >= 11 is 0. The van der Waals surface area contributed by atoms with Crippen LogP contribution in [0.1, 0.15) is 39.0 Å². The molecule has 0 saturated carbocycles. The second-order valence-corrected chi connectivity index (χ2v) is 5.06. The summed E-state index contributed by atoms with van der Waals surface area (Å²) in [6.45, 7) is 8.22. The van der Waals surface area contributed by atoms with Crippen molar-refractivity contribution in [2.75, 3.05) is 39.8 Å². The largest absolute Gasteiger partial charge is 0.330 e. The summed E-state index contributed by atoms with van der Waals surface area (Å²) in [5.74, 6) is 0. The fraction of sp³-hybridized carbons (Fsp3) is 1.00. The Morgan fingerprint density at radius 3 is 2.69 bits per heavy atom. The second kappa shape index (κ2) is 8.04. The van der Waals surface area contributed by atoms with Crippen LogP contribution in [0.3, 0.4) is 0 Å². The molecule has 1 saturated heterocycles. The van der Waals surface area contributed by atoms with Gasteiger partial charge in [0.15, 0.2) is 0 Å². The van der Waals surface area contributed by atoms with Crippen LogP contribution in [0.15, 0.2) is 0 Å². The molecule has 1 fully saturated rings. The maximum Gasteiger partial charge on any atom is 0.0220 e. The first-order valence-corrected chi connectivity index (χ1v) is 6.90. The van der Waals surface area contributed by atoms with Crippen molar-refractivity contribution in [2.24, 2.45) is 5.73 Å². The molecular formula is C13H29N3. The molecule has 1 aliphatic rings. The van der Waals surface area contributed by atoms with Gasteiger partial charge in [0.25, 0.3) is 0 Å². The Bertz CT molecular complexity index is 173. The first-order chi connectivity index (χ1) is 7.77. The van der Waals surface area contributed by atoms with Crippen LogP contribution in [-0.2, 0) is 0 Å². The summed E-state index contributed by atoms with van der Waals surface area (Å²) in [4.78, 5) is 5.17. The first kappa shape index (κ1) is 13.9. The Labute approximate surface area is 101 Å². The van der Waals surface area contributed by atoms with E-state index >= 15 is 0 Å². The van der Waals surface area contributed by atoms with Crippen LogP contribution in [0, 0.1) is 0 Å². The number of unbranched alkanes of at least 4 members (excludes halogenated alkanes) is 2. The quantitative estimate of drug-likeness (QED) is 0.699. The normalized spacial score (nSPS) is 24.6. The predicted octanol–water partition coefficient (Wildman–Crippen LogP) is 1.53. The molecule has 2 N–H and O–H groups in total. The fourth-order valence-electron chi connectivity index (χ4n) is 2.61. The van der Waals surface area contributed by atoms with E-state index in [2.05, 4.69) is 23.8 Å². The zero-order valence-corrected chi connectivity index (χ0v) is 11.1. The third kappa shape index (κ3) is 4.81. The fourth-order valence-corrected chi connectivity index (χ4v) is 2.61. The maximum atomic E-state index is 5.52. The van der Waals surface area contributed by atoms with Gasteiger partial charge < -0.3 is 10.6 Å². The highest BCUT2D eigenvalue weighted by Crippen LogP contribution is 2.13. The zero-order chi connectivity index (χ0) is 11.8. The van der Waals surface area contributed by atoms with Gasteiger partial charge in [-0.05, 0) is 58.9 Å². The van der Waals surface area contributed by atoms with E-state index in [0.717, 1.165) is 12.6 Å². The Morgan fingerprint density at radius 1 is 1.19 bits per heavy atom. The molecule has 1 unspecified atom stereocenters. The number of hydrogen-bond acceptors (Lipinski definition) is 3. The molecule has 0 aromatic heterocycles. The van der Waals surface area contributed by atoms with Crippen molar-refractivity contribution in [3.63, 3.8) is 0 Å². The van der Waals surface area contributed by atoms with Gasteiger partial charge in [-0.2, -0.15) is 0 Å². The van der Waals surface area contributed by atoms with Crippen molar-refractivity contribution >= 4 is 0 Å². The molecular weight excluding hydrogens is 198 g/mol. The Morgan fingerprint density at radius 2 is 2.00 bits per heavy atom. The highest BCUT2D eigenvalue weighted by molar-refractivity contribution is 4.77. The number of nitrogens with two attached hydrogens (primary N) is 1. The topological polar surface area (TPSA) is 32.5 Å². The van der Waals surface area contributed by atoms with E-state index in [1.54, 1.807) is 0 Å². The number of likely N-dealkylation sites (N-methyl/N-ethyl adjacent to an activating group) is 1. The minimum atomic E-state index is 0.769. The van der Waals surface area contributed by atoms with Crippen molar-refractivity contribution < 1.29 is 0 Å². The zero-order valence-electron chi connectivity index (χ0n) is 11.1. The average molecular weight is 227 g/mol. The van der Waals surface area contributed by atoms with E-state index in [4.69, 9.17) is 5.73 Å². The lowest BCUT2D eigenvalue weighted by molar-refractivity contribution is 0.180. The highest BCUT2D eigenvalue weighted by atomic mass is 15.2. The lowest BCUT2D eigenvalue weighted by atomic mass is 10.1. The molecule has 0 amide bonds. The molecule has 0 aromatic carbocycles. The van der Waals surface area contributed by atoms with Crippen LogP contribution in [-0.4, -0.2) is 55.6 Å². The average Bonchev–Trinajstić information content (AvgIpc) is 2.46. The van der Waals surface area contributed by atoms with Gasteiger partial charge >= 0.3 is 0 Å². The number of hydrogen-bond donors (Lipinski definition) is 1. The third-order valence-corrected chi connectivity index (χ3v) is 3.64. The SMILES string of the molecule is CCC1CN(C)CCCN1CCCCCN. The van der Waals surface area contributed by atoms with E-state index < -0.39 is 0 Å². The molecule has 1 aliphatic heterocycles. The molecule has 0 aromatic rings. The van der Waals surface area contributed by atoms with Gasteiger partial charge in [-0.3, -0.25) is 4.90 Å². The van der Waals surface area contributed by atoms with Gasteiger partial charge in [-0.15, -0.1) is 0 Å². The van der Waals surface area contributed by atoms with E-state index in [-0.39, 0.29) is 0 Å². The van der Waals surface area contributed by atoms with Gasteiger partial charge in [-0.1, -0.05) is 13.3 Å². The van der Waals surface area contributed by atoms with Gasteiger partial charge in [-0.25, -0.2) is 0 Å². The van der Waals surface area contributed by atoms with Gasteiger partial charge in [0.1, 0.15) is 0 Å². The van der Waals surface area contributed by atoms with Crippen LogP contribution in [0.5, 0.6) is 0 Å². The molecule has 3 nitrogen and oxygen atoms in total. The van der Waals surface area contributed by atoms with Crippen molar-refractivity contribution in [2.45, 2.75) is 45.1 Å². The van der Waals surface area contributed by atoms with Gasteiger partial charge in [0.2, 0.25) is 0 Å². The molecule has 1 rings (SSSR count). The van der Waals surface area contributed by atoms with Crippen LogP contribution < -0.4 is 5.73 Å². The molecule has 0 aliphatic carbocycles. The summed E-state index contributed by atoms with van der Waals surface area (Å²) in [5.41, 5.74) is 5.52. The van der Waals surface area contributed by atoms with E-state index in [9.17, 15) is 0 Å². The van der Waals surface area contributed by atoms with E-state index in [1.807, 2.05) is 0 Å². The van der Waals surface area contributed by atoms with Crippen molar-refractivity contribution in [3.05, 3.63) is 0 Å². The minimum absolute atomic E-state index is 0.769. The molecule has 0 spiro atoms. The molecule has 0 radical (unpaired) electrons. The Kier molecular flexibility index (Phi) is 7.01. The summed E-state index contributed by atoms with van der Waals surface area (Å²) < 4.78 is 0. The monoisotopic (exact) mass is 227 g/mol. The first-order valence-electron chi connectivity index (χ1n) is 6.90. The van der Waals surface area contributed by atoms with Crippen molar-refractivity contribution in [1.29, 1.82) is 0 Å². The summed E-state index contributed by atoms with van der Waals surface area (Å²) in [6.07, 6.45) is 6.40. The van der Waals surface area contributed by atoms with Gasteiger partial charge in [0, 0.05) is 12.6 Å². The summed E-state index contributed by atoms with van der Waals surface area (Å²) in [5, 5.41) is 0. The molecule has 3 heteroatoms. The van der Waals surface area contributed by atoms with Crippen LogP contribution in [0.25, 0.3) is 0 Å². The van der Waals surface area contributed by atoms with Gasteiger partial charge in [0.05, 0.1) is 0 Å². The Balaban J connectivity index is 2.30. The van der Waals surface area contributed by atoms with Crippen molar-refractivity contribution in [1.82, 2.24) is 9.80 Å². The molecule has 1 atom stereocenters. The predicted molar refractivity (Wildman–Crippen MR) is 70.7 cm³/mol. The van der Waals surface area contributed by atoms with E-state index in [1.165, 1.54) is 58.3 Å². The maximum absolute atomic E-state index is 5.52. The van der Waals surface area contributed by atoms with Crippen LogP contribution in [0.2, 0.25) is 0 Å². The third-order valence-electron chi connectivity index (χ3n) is 3.64.